The minimum absolute atomic E-state index is 0.0969. The molecular formula is C26H24N2OS. The normalized spacial score (nSPS) is 13.3. The van der Waals surface area contributed by atoms with Crippen LogP contribution < -0.4 is 5.32 Å². The monoisotopic (exact) mass is 412 g/mol. The summed E-state index contributed by atoms with van der Waals surface area (Å²) < 4.78 is 0. The van der Waals surface area contributed by atoms with Crippen molar-refractivity contribution in [1.29, 1.82) is 0 Å². The largest absolute Gasteiger partial charge is 0.322 e. The second kappa shape index (κ2) is 7.69. The molecule has 0 bridgehead atoms. The number of anilines is 1. The first-order valence-corrected chi connectivity index (χ1v) is 11.3. The zero-order chi connectivity index (χ0) is 20.7. The van der Waals surface area contributed by atoms with Crippen LogP contribution in [0.1, 0.15) is 44.9 Å². The summed E-state index contributed by atoms with van der Waals surface area (Å²) in [4.78, 5) is 20.9. The number of amides is 1. The first-order valence-electron chi connectivity index (χ1n) is 10.5. The zero-order valence-corrected chi connectivity index (χ0v) is 18.1. The van der Waals surface area contributed by atoms with Crippen molar-refractivity contribution in [2.24, 2.45) is 0 Å². The van der Waals surface area contributed by atoms with E-state index in [4.69, 9.17) is 4.98 Å². The van der Waals surface area contributed by atoms with Gasteiger partial charge in [-0.2, -0.15) is 0 Å². The number of thiophene rings is 1. The number of nitrogens with zero attached hydrogens (tertiary/aromatic N) is 1. The van der Waals surface area contributed by atoms with Crippen molar-refractivity contribution in [3.63, 3.8) is 0 Å². The summed E-state index contributed by atoms with van der Waals surface area (Å²) in [5, 5.41) is 4.28. The number of hydrogen-bond donors (Lipinski definition) is 1. The first kappa shape index (κ1) is 19.0. The standard InChI is InChI=1S/C26H24N2OS/c1-16-12-14-19(15-13-16)28-25(29)22-17(2)27-26-24(20-10-6-7-11-21(20)30-26)23(22)18-8-4-3-5-9-18/h3-5,8-9,12-15H,6-7,10-11H2,1-2H3,(H,28,29). The highest BCUT2D eigenvalue weighted by Gasteiger charge is 2.26. The molecule has 5 rings (SSSR count). The summed E-state index contributed by atoms with van der Waals surface area (Å²) in [6.07, 6.45) is 4.62. The second-order valence-electron chi connectivity index (χ2n) is 8.02. The number of benzene rings is 2. The number of pyridine rings is 1. The van der Waals surface area contributed by atoms with Crippen LogP contribution in [-0.2, 0) is 12.8 Å². The third kappa shape index (κ3) is 3.31. The molecule has 30 heavy (non-hydrogen) atoms. The van der Waals surface area contributed by atoms with Crippen LogP contribution in [0.3, 0.4) is 0 Å². The van der Waals surface area contributed by atoms with Gasteiger partial charge in [-0.05, 0) is 62.8 Å². The van der Waals surface area contributed by atoms with Gasteiger partial charge in [0.15, 0.2) is 0 Å². The summed E-state index contributed by atoms with van der Waals surface area (Å²) in [7, 11) is 0. The summed E-state index contributed by atoms with van der Waals surface area (Å²) in [5.41, 5.74) is 6.94. The highest BCUT2D eigenvalue weighted by atomic mass is 32.1. The Morgan fingerprint density at radius 2 is 1.70 bits per heavy atom. The molecule has 1 aliphatic carbocycles. The Morgan fingerprint density at radius 3 is 2.47 bits per heavy atom. The average Bonchev–Trinajstić information content (AvgIpc) is 3.12. The van der Waals surface area contributed by atoms with Gasteiger partial charge in [0.1, 0.15) is 4.83 Å². The summed E-state index contributed by atoms with van der Waals surface area (Å²) in [5.74, 6) is -0.0969. The molecule has 0 aliphatic heterocycles. The molecular weight excluding hydrogens is 388 g/mol. The van der Waals surface area contributed by atoms with E-state index in [0.717, 1.165) is 40.2 Å². The van der Waals surface area contributed by atoms with Gasteiger partial charge >= 0.3 is 0 Å². The number of nitrogens with one attached hydrogen (secondary N) is 1. The van der Waals surface area contributed by atoms with Crippen molar-refractivity contribution in [2.45, 2.75) is 39.5 Å². The van der Waals surface area contributed by atoms with Gasteiger partial charge in [-0.25, -0.2) is 4.98 Å². The van der Waals surface area contributed by atoms with Crippen molar-refractivity contribution >= 4 is 33.1 Å². The predicted octanol–water partition coefficient (Wildman–Crippen LogP) is 6.71. The third-order valence-electron chi connectivity index (χ3n) is 5.88. The number of carbonyl (C=O) groups is 1. The molecule has 1 aliphatic rings. The van der Waals surface area contributed by atoms with E-state index in [1.54, 1.807) is 11.3 Å². The van der Waals surface area contributed by atoms with Crippen molar-refractivity contribution < 1.29 is 4.79 Å². The van der Waals surface area contributed by atoms with E-state index in [9.17, 15) is 4.79 Å². The lowest BCUT2D eigenvalue weighted by atomic mass is 9.89. The van der Waals surface area contributed by atoms with Crippen molar-refractivity contribution in [3.8, 4) is 11.1 Å². The number of hydrogen-bond acceptors (Lipinski definition) is 3. The number of rotatable bonds is 3. The van der Waals surface area contributed by atoms with Crippen LogP contribution in [0.4, 0.5) is 5.69 Å². The highest BCUT2D eigenvalue weighted by molar-refractivity contribution is 7.19. The molecule has 0 saturated heterocycles. The van der Waals surface area contributed by atoms with E-state index in [1.165, 1.54) is 34.2 Å². The lowest BCUT2D eigenvalue weighted by Crippen LogP contribution is -2.16. The molecule has 0 spiro atoms. The van der Waals surface area contributed by atoms with Gasteiger partial charge in [-0.3, -0.25) is 4.79 Å². The highest BCUT2D eigenvalue weighted by Crippen LogP contribution is 2.43. The summed E-state index contributed by atoms with van der Waals surface area (Å²) in [6.45, 7) is 4.00. The minimum Gasteiger partial charge on any atom is -0.322 e. The lowest BCUT2D eigenvalue weighted by Gasteiger charge is -2.17. The molecule has 4 heteroatoms. The second-order valence-corrected chi connectivity index (χ2v) is 9.11. The van der Waals surface area contributed by atoms with Crippen LogP contribution in [0.2, 0.25) is 0 Å². The molecule has 0 atom stereocenters. The van der Waals surface area contributed by atoms with Gasteiger partial charge in [0.2, 0.25) is 0 Å². The van der Waals surface area contributed by atoms with Crippen LogP contribution >= 0.6 is 11.3 Å². The van der Waals surface area contributed by atoms with Gasteiger partial charge in [0.05, 0.1) is 11.3 Å². The third-order valence-corrected chi connectivity index (χ3v) is 7.07. The van der Waals surface area contributed by atoms with Crippen molar-refractivity contribution in [2.75, 3.05) is 5.32 Å². The van der Waals surface area contributed by atoms with E-state index in [2.05, 4.69) is 17.4 Å². The molecule has 0 fully saturated rings. The molecule has 1 amide bonds. The maximum Gasteiger partial charge on any atom is 0.258 e. The molecule has 0 radical (unpaired) electrons. The Bertz CT molecular complexity index is 1240. The van der Waals surface area contributed by atoms with Gasteiger partial charge in [-0.15, -0.1) is 11.3 Å². The Kier molecular flexibility index (Phi) is 4.87. The van der Waals surface area contributed by atoms with Crippen LogP contribution in [-0.4, -0.2) is 10.9 Å². The van der Waals surface area contributed by atoms with Crippen molar-refractivity contribution in [3.05, 3.63) is 81.9 Å². The maximum atomic E-state index is 13.5. The fourth-order valence-electron chi connectivity index (χ4n) is 4.40. The van der Waals surface area contributed by atoms with E-state index in [-0.39, 0.29) is 5.91 Å². The molecule has 2 aromatic heterocycles. The quantitative estimate of drug-likeness (QED) is 0.406. The van der Waals surface area contributed by atoms with Crippen LogP contribution in [0.25, 0.3) is 21.3 Å². The SMILES string of the molecule is Cc1ccc(NC(=O)c2c(C)nc3sc4c(c3c2-c2ccccc2)CCCC4)cc1. The zero-order valence-electron chi connectivity index (χ0n) is 17.3. The average molecular weight is 413 g/mol. The van der Waals surface area contributed by atoms with Gasteiger partial charge in [0.25, 0.3) is 5.91 Å². The van der Waals surface area contributed by atoms with Gasteiger partial charge < -0.3 is 5.32 Å². The van der Waals surface area contributed by atoms with E-state index in [1.807, 2.05) is 56.3 Å². The van der Waals surface area contributed by atoms with Crippen LogP contribution in [0.5, 0.6) is 0 Å². The number of fused-ring (bicyclic) bond motifs is 3. The molecule has 3 nitrogen and oxygen atoms in total. The van der Waals surface area contributed by atoms with Crippen LogP contribution in [0, 0.1) is 13.8 Å². The van der Waals surface area contributed by atoms with E-state index in [0.29, 0.717) is 5.56 Å². The number of aryl methyl sites for hydroxylation is 4. The van der Waals surface area contributed by atoms with E-state index >= 15 is 0 Å². The summed E-state index contributed by atoms with van der Waals surface area (Å²) in [6, 6.07) is 18.2. The Balaban J connectivity index is 1.73. The minimum atomic E-state index is -0.0969. The fourth-order valence-corrected chi connectivity index (χ4v) is 5.72. The smallest absolute Gasteiger partial charge is 0.258 e. The maximum absolute atomic E-state index is 13.5. The summed E-state index contributed by atoms with van der Waals surface area (Å²) >= 11 is 1.81. The molecule has 1 N–H and O–H groups in total. The van der Waals surface area contributed by atoms with Gasteiger partial charge in [0, 0.05) is 21.5 Å². The topological polar surface area (TPSA) is 42.0 Å². The Hall–Kier alpha value is -2.98. The molecule has 0 unspecified atom stereocenters. The molecule has 2 heterocycles. The Labute approximate surface area is 180 Å². The molecule has 4 aromatic rings. The predicted molar refractivity (Wildman–Crippen MR) is 126 cm³/mol. The lowest BCUT2D eigenvalue weighted by molar-refractivity contribution is 0.102. The number of carbonyl (C=O) groups excluding carboxylic acids is 1. The number of aromatic nitrogens is 1. The van der Waals surface area contributed by atoms with Gasteiger partial charge in [-0.1, -0.05) is 48.0 Å². The first-order chi connectivity index (χ1) is 14.6. The molecule has 2 aromatic carbocycles. The Morgan fingerprint density at radius 1 is 0.967 bits per heavy atom. The molecule has 150 valence electrons. The molecule has 0 saturated carbocycles. The van der Waals surface area contributed by atoms with Crippen LogP contribution in [0.15, 0.2) is 54.6 Å². The van der Waals surface area contributed by atoms with E-state index < -0.39 is 0 Å². The fraction of sp³-hybridized carbons (Fsp3) is 0.231. The van der Waals surface area contributed by atoms with Crippen molar-refractivity contribution in [1.82, 2.24) is 4.98 Å².